The topological polar surface area (TPSA) is 66.9 Å². The third kappa shape index (κ3) is 4.22. The molecule has 0 aliphatic carbocycles. The van der Waals surface area contributed by atoms with E-state index in [9.17, 15) is 9.18 Å². The molecule has 3 aromatic rings. The monoisotopic (exact) mass is 350 g/mol. The normalized spacial score (nSPS) is 10.5. The predicted molar refractivity (Wildman–Crippen MR) is 100 cm³/mol. The van der Waals surface area contributed by atoms with E-state index in [-0.39, 0.29) is 23.4 Å². The molecule has 0 fully saturated rings. The zero-order valence-corrected chi connectivity index (χ0v) is 14.8. The summed E-state index contributed by atoms with van der Waals surface area (Å²) >= 11 is 0. The SMILES string of the molecule is Cc1cc(C(=O)Nc2ccc(C)c(C)c2)nc(Nc2ccc(F)cc2)n1. The molecule has 5 nitrogen and oxygen atoms in total. The van der Waals surface area contributed by atoms with Crippen LogP contribution in [0.4, 0.5) is 21.7 Å². The first-order valence-electron chi connectivity index (χ1n) is 8.17. The number of anilines is 3. The Morgan fingerprint density at radius 1 is 0.885 bits per heavy atom. The Balaban J connectivity index is 1.80. The summed E-state index contributed by atoms with van der Waals surface area (Å²) in [7, 11) is 0. The summed E-state index contributed by atoms with van der Waals surface area (Å²) in [5, 5.41) is 5.82. The van der Waals surface area contributed by atoms with Gasteiger partial charge in [0.1, 0.15) is 11.5 Å². The van der Waals surface area contributed by atoms with E-state index in [2.05, 4.69) is 20.6 Å². The van der Waals surface area contributed by atoms with Gasteiger partial charge < -0.3 is 10.6 Å². The number of carbonyl (C=O) groups is 1. The number of aromatic nitrogens is 2. The van der Waals surface area contributed by atoms with Gasteiger partial charge in [-0.05, 0) is 74.4 Å². The Morgan fingerprint density at radius 3 is 2.27 bits per heavy atom. The Labute approximate surface area is 151 Å². The van der Waals surface area contributed by atoms with Crippen LogP contribution in [-0.4, -0.2) is 15.9 Å². The average Bonchev–Trinajstić information content (AvgIpc) is 2.60. The van der Waals surface area contributed by atoms with Gasteiger partial charge in [0.15, 0.2) is 0 Å². The lowest BCUT2D eigenvalue weighted by Gasteiger charge is -2.10. The van der Waals surface area contributed by atoms with E-state index in [0.29, 0.717) is 17.1 Å². The first-order chi connectivity index (χ1) is 12.4. The minimum absolute atomic E-state index is 0.250. The molecular weight excluding hydrogens is 331 g/mol. The standard InChI is InChI=1S/C20H19FN4O/c1-12-4-7-17(10-13(12)2)23-19(26)18-11-14(3)22-20(25-18)24-16-8-5-15(21)6-9-16/h4-11H,1-3H3,(H,23,26)(H,22,24,25). The second kappa shape index (κ2) is 7.31. The molecule has 2 aromatic carbocycles. The molecule has 0 bridgehead atoms. The van der Waals surface area contributed by atoms with Gasteiger partial charge >= 0.3 is 0 Å². The van der Waals surface area contributed by atoms with Crippen molar-refractivity contribution in [3.8, 4) is 0 Å². The van der Waals surface area contributed by atoms with Crippen LogP contribution < -0.4 is 10.6 Å². The van der Waals surface area contributed by atoms with Gasteiger partial charge in [-0.15, -0.1) is 0 Å². The maximum atomic E-state index is 13.0. The summed E-state index contributed by atoms with van der Waals surface area (Å²) in [6, 6.07) is 13.2. The maximum absolute atomic E-state index is 13.0. The van der Waals surface area contributed by atoms with Crippen LogP contribution in [0.15, 0.2) is 48.5 Å². The minimum atomic E-state index is -0.325. The van der Waals surface area contributed by atoms with Crippen molar-refractivity contribution in [3.05, 3.63) is 76.9 Å². The van der Waals surface area contributed by atoms with Gasteiger partial charge in [-0.3, -0.25) is 4.79 Å². The quantitative estimate of drug-likeness (QED) is 0.725. The molecular formula is C20H19FN4O. The minimum Gasteiger partial charge on any atom is -0.324 e. The van der Waals surface area contributed by atoms with E-state index >= 15 is 0 Å². The summed E-state index contributed by atoms with van der Waals surface area (Å²) in [6.07, 6.45) is 0. The predicted octanol–water partition coefficient (Wildman–Crippen LogP) is 4.54. The summed E-state index contributed by atoms with van der Waals surface area (Å²) in [5.41, 5.74) is 4.50. The lowest BCUT2D eigenvalue weighted by atomic mass is 10.1. The maximum Gasteiger partial charge on any atom is 0.274 e. The molecule has 0 radical (unpaired) electrons. The third-order valence-electron chi connectivity index (χ3n) is 3.95. The summed E-state index contributed by atoms with van der Waals surface area (Å²) in [4.78, 5) is 21.1. The number of amides is 1. The summed E-state index contributed by atoms with van der Waals surface area (Å²) < 4.78 is 13.0. The fourth-order valence-electron chi connectivity index (χ4n) is 2.42. The van der Waals surface area contributed by atoms with E-state index in [1.54, 1.807) is 25.1 Å². The van der Waals surface area contributed by atoms with Gasteiger partial charge in [-0.2, -0.15) is 0 Å². The van der Waals surface area contributed by atoms with Crippen LogP contribution in [-0.2, 0) is 0 Å². The molecule has 0 saturated carbocycles. The zero-order chi connectivity index (χ0) is 18.7. The smallest absolute Gasteiger partial charge is 0.274 e. The fraction of sp³-hybridized carbons (Fsp3) is 0.150. The van der Waals surface area contributed by atoms with Crippen LogP contribution in [0.25, 0.3) is 0 Å². The van der Waals surface area contributed by atoms with Gasteiger partial charge in [-0.25, -0.2) is 14.4 Å². The molecule has 0 aliphatic rings. The third-order valence-corrected chi connectivity index (χ3v) is 3.95. The first kappa shape index (κ1) is 17.5. The molecule has 0 saturated heterocycles. The number of hydrogen-bond acceptors (Lipinski definition) is 4. The zero-order valence-electron chi connectivity index (χ0n) is 14.8. The van der Waals surface area contributed by atoms with E-state index in [0.717, 1.165) is 11.1 Å². The van der Waals surface area contributed by atoms with Crippen molar-refractivity contribution in [2.75, 3.05) is 10.6 Å². The molecule has 6 heteroatoms. The van der Waals surface area contributed by atoms with Gasteiger partial charge in [0, 0.05) is 17.1 Å². The number of carbonyl (C=O) groups excluding carboxylic acids is 1. The summed E-state index contributed by atoms with van der Waals surface area (Å²) in [5.74, 6) is -0.364. The van der Waals surface area contributed by atoms with Gasteiger partial charge in [0.05, 0.1) is 0 Å². The Morgan fingerprint density at radius 2 is 1.58 bits per heavy atom. The van der Waals surface area contributed by atoms with Gasteiger partial charge in [0.2, 0.25) is 5.95 Å². The highest BCUT2D eigenvalue weighted by Gasteiger charge is 2.12. The van der Waals surface area contributed by atoms with Crippen LogP contribution in [0.1, 0.15) is 27.3 Å². The molecule has 26 heavy (non-hydrogen) atoms. The van der Waals surface area contributed by atoms with Crippen LogP contribution in [0.3, 0.4) is 0 Å². The number of rotatable bonds is 4. The summed E-state index contributed by atoms with van der Waals surface area (Å²) in [6.45, 7) is 5.79. The second-order valence-electron chi connectivity index (χ2n) is 6.10. The molecule has 0 spiro atoms. The average molecular weight is 350 g/mol. The molecule has 2 N–H and O–H groups in total. The molecule has 1 aromatic heterocycles. The Bertz CT molecular complexity index is 955. The van der Waals surface area contributed by atoms with E-state index in [1.807, 2.05) is 32.0 Å². The van der Waals surface area contributed by atoms with Crippen LogP contribution in [0.2, 0.25) is 0 Å². The van der Waals surface area contributed by atoms with Gasteiger partial charge in [-0.1, -0.05) is 6.07 Å². The first-order valence-corrected chi connectivity index (χ1v) is 8.17. The van der Waals surface area contributed by atoms with E-state index in [1.165, 1.54) is 12.1 Å². The molecule has 1 amide bonds. The van der Waals surface area contributed by atoms with Crippen molar-refractivity contribution in [2.24, 2.45) is 0 Å². The number of halogens is 1. The van der Waals surface area contributed by atoms with Crippen molar-refractivity contribution < 1.29 is 9.18 Å². The molecule has 3 rings (SSSR count). The van der Waals surface area contributed by atoms with Crippen molar-refractivity contribution >= 4 is 23.2 Å². The number of benzene rings is 2. The molecule has 132 valence electrons. The number of nitrogens with zero attached hydrogens (tertiary/aromatic N) is 2. The Hall–Kier alpha value is -3.28. The highest BCUT2D eigenvalue weighted by Crippen LogP contribution is 2.17. The van der Waals surface area contributed by atoms with Crippen molar-refractivity contribution in [1.29, 1.82) is 0 Å². The van der Waals surface area contributed by atoms with Crippen molar-refractivity contribution in [3.63, 3.8) is 0 Å². The molecule has 0 aliphatic heterocycles. The highest BCUT2D eigenvalue weighted by atomic mass is 19.1. The largest absolute Gasteiger partial charge is 0.324 e. The number of nitrogens with one attached hydrogen (secondary N) is 2. The van der Waals surface area contributed by atoms with Crippen molar-refractivity contribution in [2.45, 2.75) is 20.8 Å². The molecule has 0 unspecified atom stereocenters. The lowest BCUT2D eigenvalue weighted by Crippen LogP contribution is -2.15. The lowest BCUT2D eigenvalue weighted by molar-refractivity contribution is 0.102. The number of hydrogen-bond donors (Lipinski definition) is 2. The molecule has 0 atom stereocenters. The van der Waals surface area contributed by atoms with E-state index < -0.39 is 0 Å². The van der Waals surface area contributed by atoms with Crippen molar-refractivity contribution in [1.82, 2.24) is 9.97 Å². The second-order valence-corrected chi connectivity index (χ2v) is 6.10. The van der Waals surface area contributed by atoms with Crippen LogP contribution in [0, 0.1) is 26.6 Å². The highest BCUT2D eigenvalue weighted by molar-refractivity contribution is 6.03. The molecule has 1 heterocycles. The number of aryl methyl sites for hydroxylation is 3. The Kier molecular flexibility index (Phi) is 4.93. The fourth-order valence-corrected chi connectivity index (χ4v) is 2.42. The van der Waals surface area contributed by atoms with E-state index in [4.69, 9.17) is 0 Å². The van der Waals surface area contributed by atoms with Crippen LogP contribution >= 0.6 is 0 Å². The van der Waals surface area contributed by atoms with Crippen LogP contribution in [0.5, 0.6) is 0 Å². The van der Waals surface area contributed by atoms with Gasteiger partial charge in [0.25, 0.3) is 5.91 Å².